The summed E-state index contributed by atoms with van der Waals surface area (Å²) in [4.78, 5) is 29.2. The van der Waals surface area contributed by atoms with Crippen LogP contribution in [0.5, 0.6) is 11.5 Å². The Kier molecular flexibility index (Phi) is 8.81. The second kappa shape index (κ2) is 11.3. The maximum atomic E-state index is 13.5. The minimum atomic E-state index is -5.06. The molecule has 0 saturated carbocycles. The smallest absolute Gasteiger partial charge is 0.416 e. The molecule has 1 aliphatic heterocycles. The lowest BCUT2D eigenvalue weighted by Crippen LogP contribution is -2.50. The number of halogens is 6. The summed E-state index contributed by atoms with van der Waals surface area (Å²) in [6, 6.07) is 2.82. The SMILES string of the molecule is COC(=O)N(Cc1cc(C(F)(F)F)cc(C(F)(F)F)c1)C1CC(C)N(C(=O)C(C)(C)C)c2cc(OC)c(OC)cc21. The molecule has 2 amide bonds. The molecule has 226 valence electrons. The molecule has 7 nitrogen and oxygen atoms in total. The van der Waals surface area contributed by atoms with E-state index in [2.05, 4.69) is 0 Å². The first-order valence-electron chi connectivity index (χ1n) is 12.6. The number of methoxy groups -OCH3 is 3. The highest BCUT2D eigenvalue weighted by Crippen LogP contribution is 2.47. The summed E-state index contributed by atoms with van der Waals surface area (Å²) in [5, 5.41) is 0. The average Bonchev–Trinajstić information content (AvgIpc) is 2.88. The van der Waals surface area contributed by atoms with E-state index in [4.69, 9.17) is 14.2 Å². The Morgan fingerprint density at radius 2 is 1.39 bits per heavy atom. The number of carbonyl (C=O) groups excluding carboxylic acids is 2. The first-order chi connectivity index (χ1) is 18.8. The Morgan fingerprint density at radius 1 is 0.878 bits per heavy atom. The maximum Gasteiger partial charge on any atom is 0.416 e. The number of anilines is 1. The molecule has 13 heteroatoms. The van der Waals surface area contributed by atoms with Gasteiger partial charge in [-0.1, -0.05) is 20.8 Å². The van der Waals surface area contributed by atoms with Gasteiger partial charge >= 0.3 is 18.4 Å². The molecule has 0 saturated heterocycles. The van der Waals surface area contributed by atoms with Crippen molar-refractivity contribution in [3.8, 4) is 11.5 Å². The molecule has 3 rings (SSSR count). The van der Waals surface area contributed by atoms with E-state index in [-0.39, 0.29) is 29.9 Å². The lowest BCUT2D eigenvalue weighted by Gasteiger charge is -2.45. The summed E-state index contributed by atoms with van der Waals surface area (Å²) < 4.78 is 97.0. The van der Waals surface area contributed by atoms with Crippen molar-refractivity contribution in [3.63, 3.8) is 0 Å². The van der Waals surface area contributed by atoms with Gasteiger partial charge in [0.1, 0.15) is 0 Å². The molecule has 1 aliphatic rings. The summed E-state index contributed by atoms with van der Waals surface area (Å²) in [5.74, 6) is 0.287. The third-order valence-corrected chi connectivity index (χ3v) is 6.80. The number of alkyl halides is 6. The lowest BCUT2D eigenvalue weighted by atomic mass is 9.86. The lowest BCUT2D eigenvalue weighted by molar-refractivity contribution is -0.143. The van der Waals surface area contributed by atoms with Crippen LogP contribution in [0.2, 0.25) is 0 Å². The van der Waals surface area contributed by atoms with Crippen molar-refractivity contribution < 1.29 is 50.1 Å². The van der Waals surface area contributed by atoms with Gasteiger partial charge in [-0.15, -0.1) is 0 Å². The Hall–Kier alpha value is -3.64. The van der Waals surface area contributed by atoms with Crippen LogP contribution in [-0.2, 0) is 28.4 Å². The molecular formula is C28H32F6N2O5. The predicted octanol–water partition coefficient (Wildman–Crippen LogP) is 7.22. The molecule has 2 aromatic rings. The Bertz CT molecular complexity index is 1270. The van der Waals surface area contributed by atoms with Gasteiger partial charge in [-0.25, -0.2) is 4.79 Å². The average molecular weight is 591 g/mol. The fourth-order valence-corrected chi connectivity index (χ4v) is 4.85. The van der Waals surface area contributed by atoms with Crippen molar-refractivity contribution in [2.24, 2.45) is 5.41 Å². The third kappa shape index (κ3) is 6.65. The van der Waals surface area contributed by atoms with Crippen LogP contribution in [0.1, 0.15) is 62.4 Å². The molecule has 0 N–H and O–H groups in total. The standard InChI is InChI=1S/C28H32F6N2O5/c1-15-8-20(19-12-22(39-5)23(40-6)13-21(19)36(15)24(37)26(2,3)4)35(25(38)41-7)14-16-9-17(27(29,30)31)11-18(10-16)28(32,33)34/h9-13,15,20H,8,14H2,1-7H3. The molecule has 41 heavy (non-hydrogen) atoms. The van der Waals surface area contributed by atoms with E-state index in [0.717, 1.165) is 12.0 Å². The van der Waals surface area contributed by atoms with Gasteiger partial charge in [-0.3, -0.25) is 9.69 Å². The number of carbonyl (C=O) groups is 2. The number of rotatable bonds is 5. The van der Waals surface area contributed by atoms with Gasteiger partial charge in [0.2, 0.25) is 5.91 Å². The van der Waals surface area contributed by atoms with Gasteiger partial charge in [0, 0.05) is 29.6 Å². The van der Waals surface area contributed by atoms with Crippen molar-refractivity contribution in [3.05, 3.63) is 52.6 Å². The van der Waals surface area contributed by atoms with E-state index < -0.39 is 59.2 Å². The molecule has 0 aliphatic carbocycles. The summed E-state index contributed by atoms with van der Waals surface area (Å²) in [6.07, 6.45) is -11.0. The molecule has 2 aromatic carbocycles. The van der Waals surface area contributed by atoms with Crippen LogP contribution in [0, 0.1) is 5.41 Å². The molecule has 2 unspecified atom stereocenters. The zero-order valence-corrected chi connectivity index (χ0v) is 23.7. The maximum absolute atomic E-state index is 13.5. The van der Waals surface area contributed by atoms with Crippen molar-refractivity contribution in [2.45, 2.75) is 65.1 Å². The molecule has 0 fully saturated rings. The van der Waals surface area contributed by atoms with Crippen molar-refractivity contribution in [2.75, 3.05) is 26.2 Å². The van der Waals surface area contributed by atoms with Crippen LogP contribution in [0.4, 0.5) is 36.8 Å². The Labute approximate surface area is 233 Å². The van der Waals surface area contributed by atoms with E-state index in [9.17, 15) is 35.9 Å². The minimum absolute atomic E-state index is 0.0249. The second-order valence-electron chi connectivity index (χ2n) is 10.8. The summed E-state index contributed by atoms with van der Waals surface area (Å²) >= 11 is 0. The van der Waals surface area contributed by atoms with Crippen LogP contribution in [0.25, 0.3) is 0 Å². The van der Waals surface area contributed by atoms with E-state index in [1.54, 1.807) is 38.7 Å². The van der Waals surface area contributed by atoms with Crippen molar-refractivity contribution in [1.29, 1.82) is 0 Å². The number of benzene rings is 2. The Morgan fingerprint density at radius 3 is 1.83 bits per heavy atom. The number of hydrogen-bond acceptors (Lipinski definition) is 5. The zero-order valence-electron chi connectivity index (χ0n) is 23.7. The summed E-state index contributed by atoms with van der Waals surface area (Å²) in [5.41, 5.74) is -3.47. The van der Waals surface area contributed by atoms with Crippen LogP contribution < -0.4 is 14.4 Å². The van der Waals surface area contributed by atoms with Gasteiger partial charge in [0.15, 0.2) is 11.5 Å². The molecule has 1 heterocycles. The molecule has 0 spiro atoms. The highest BCUT2D eigenvalue weighted by atomic mass is 19.4. The molecule has 0 aromatic heterocycles. The van der Waals surface area contributed by atoms with Gasteiger partial charge in [0.25, 0.3) is 0 Å². The number of fused-ring (bicyclic) bond motifs is 1. The fraction of sp³-hybridized carbons (Fsp3) is 0.500. The molecule has 0 bridgehead atoms. The summed E-state index contributed by atoms with van der Waals surface area (Å²) in [6.45, 7) is 6.30. The predicted molar refractivity (Wildman–Crippen MR) is 138 cm³/mol. The van der Waals surface area contributed by atoms with Crippen LogP contribution in [0.15, 0.2) is 30.3 Å². The molecule has 2 atom stereocenters. The van der Waals surface area contributed by atoms with E-state index in [0.29, 0.717) is 23.4 Å². The van der Waals surface area contributed by atoms with E-state index in [1.807, 2.05) is 0 Å². The van der Waals surface area contributed by atoms with Crippen molar-refractivity contribution >= 4 is 17.7 Å². The minimum Gasteiger partial charge on any atom is -0.493 e. The number of amides is 2. The van der Waals surface area contributed by atoms with E-state index >= 15 is 0 Å². The first kappa shape index (κ1) is 31.9. The van der Waals surface area contributed by atoms with Crippen LogP contribution >= 0.6 is 0 Å². The third-order valence-electron chi connectivity index (χ3n) is 6.80. The second-order valence-corrected chi connectivity index (χ2v) is 10.8. The van der Waals surface area contributed by atoms with Gasteiger partial charge in [0.05, 0.1) is 44.2 Å². The number of hydrogen-bond donors (Lipinski definition) is 0. The quantitative estimate of drug-likeness (QED) is 0.344. The van der Waals surface area contributed by atoms with Crippen LogP contribution in [-0.4, -0.2) is 44.3 Å². The molecule has 0 radical (unpaired) electrons. The largest absolute Gasteiger partial charge is 0.493 e. The molecular weight excluding hydrogens is 558 g/mol. The first-order valence-corrected chi connectivity index (χ1v) is 12.6. The topological polar surface area (TPSA) is 68.3 Å². The van der Waals surface area contributed by atoms with Crippen LogP contribution in [0.3, 0.4) is 0 Å². The fourth-order valence-electron chi connectivity index (χ4n) is 4.85. The highest BCUT2D eigenvalue weighted by molar-refractivity contribution is 5.99. The number of nitrogens with zero attached hydrogens (tertiary/aromatic N) is 2. The number of ether oxygens (including phenoxy) is 3. The highest BCUT2D eigenvalue weighted by Gasteiger charge is 2.43. The zero-order chi connectivity index (χ0) is 31.1. The normalized spacial score (nSPS) is 17.5. The van der Waals surface area contributed by atoms with Crippen molar-refractivity contribution in [1.82, 2.24) is 4.90 Å². The van der Waals surface area contributed by atoms with E-state index in [1.165, 1.54) is 20.3 Å². The summed E-state index contributed by atoms with van der Waals surface area (Å²) in [7, 11) is 3.83. The van der Waals surface area contributed by atoms with Gasteiger partial charge in [-0.05, 0) is 43.2 Å². The monoisotopic (exact) mass is 590 g/mol. The van der Waals surface area contributed by atoms with Gasteiger partial charge < -0.3 is 19.1 Å². The Balaban J connectivity index is 2.24. The van der Waals surface area contributed by atoms with Gasteiger partial charge in [-0.2, -0.15) is 26.3 Å².